The molecule has 0 aromatic heterocycles. The van der Waals surface area contributed by atoms with Gasteiger partial charge in [-0.15, -0.1) is 0 Å². The molecule has 0 saturated heterocycles. The molecule has 1 aliphatic heterocycles. The number of amides is 1. The fourth-order valence-corrected chi connectivity index (χ4v) is 3.35. The van der Waals surface area contributed by atoms with Crippen LogP contribution >= 0.6 is 11.8 Å². The molecule has 1 aliphatic rings. The van der Waals surface area contributed by atoms with Crippen LogP contribution in [-0.4, -0.2) is 34.6 Å². The van der Waals surface area contributed by atoms with E-state index in [0.29, 0.717) is 18.3 Å². The number of amidine groups is 1. The molecule has 0 aliphatic carbocycles. The fourth-order valence-electron chi connectivity index (χ4n) is 3.01. The van der Waals surface area contributed by atoms with Crippen LogP contribution in [0.1, 0.15) is 45.7 Å². The summed E-state index contributed by atoms with van der Waals surface area (Å²) in [5.41, 5.74) is 2.29. The molecule has 1 N–H and O–H groups in total. The number of nitrogens with one attached hydrogen (secondary N) is 1. The van der Waals surface area contributed by atoms with Crippen molar-refractivity contribution in [1.82, 2.24) is 10.2 Å². The number of carbonyl (C=O) groups excluding carboxylic acids is 1. The van der Waals surface area contributed by atoms with Gasteiger partial charge in [-0.1, -0.05) is 31.7 Å². The highest BCUT2D eigenvalue weighted by atomic mass is 32.2. The van der Waals surface area contributed by atoms with E-state index in [4.69, 9.17) is 10.00 Å². The van der Waals surface area contributed by atoms with E-state index >= 15 is 0 Å². The lowest BCUT2D eigenvalue weighted by molar-refractivity contribution is 0.0174. The van der Waals surface area contributed by atoms with Crippen LogP contribution in [0.5, 0.6) is 0 Å². The predicted octanol–water partition coefficient (Wildman–Crippen LogP) is 4.14. The number of carbonyl (C=O) groups is 1. The molecule has 26 heavy (non-hydrogen) atoms. The van der Waals surface area contributed by atoms with Crippen molar-refractivity contribution >= 4 is 28.7 Å². The summed E-state index contributed by atoms with van der Waals surface area (Å²) in [6.07, 6.45) is 3.44. The van der Waals surface area contributed by atoms with Crippen LogP contribution in [0.15, 0.2) is 23.2 Å². The van der Waals surface area contributed by atoms with Gasteiger partial charge in [0, 0.05) is 18.5 Å². The highest BCUT2D eigenvalue weighted by molar-refractivity contribution is 8.13. The highest BCUT2D eigenvalue weighted by Crippen LogP contribution is 2.36. The topological polar surface area (TPSA) is 77.7 Å². The third kappa shape index (κ3) is 4.92. The maximum absolute atomic E-state index is 12.5. The summed E-state index contributed by atoms with van der Waals surface area (Å²) < 4.78 is 5.54. The lowest BCUT2D eigenvalue weighted by Gasteiger charge is -2.40. The molecular weight excluding hydrogens is 348 g/mol. The molecule has 0 spiro atoms. The Labute approximate surface area is 159 Å². The van der Waals surface area contributed by atoms with E-state index in [1.807, 2.05) is 45.4 Å². The van der Waals surface area contributed by atoms with Crippen molar-refractivity contribution < 1.29 is 9.53 Å². The van der Waals surface area contributed by atoms with Gasteiger partial charge >= 0.3 is 6.09 Å². The first-order chi connectivity index (χ1) is 12.1. The van der Waals surface area contributed by atoms with Crippen LogP contribution < -0.4 is 5.32 Å². The van der Waals surface area contributed by atoms with Crippen LogP contribution in [0.2, 0.25) is 0 Å². The zero-order valence-electron chi connectivity index (χ0n) is 16.2. The number of hydrogen-bond donors (Lipinski definition) is 1. The van der Waals surface area contributed by atoms with Crippen LogP contribution in [0.4, 0.5) is 10.5 Å². The van der Waals surface area contributed by atoms with Crippen molar-refractivity contribution in [2.24, 2.45) is 4.99 Å². The summed E-state index contributed by atoms with van der Waals surface area (Å²) in [4.78, 5) is 18.7. The molecule has 0 bridgehead atoms. The first kappa shape index (κ1) is 20.1. The van der Waals surface area contributed by atoms with Gasteiger partial charge in [-0.3, -0.25) is 5.32 Å². The Morgan fingerprint density at radius 3 is 2.69 bits per heavy atom. The molecule has 0 radical (unpaired) electrons. The normalized spacial score (nSPS) is 16.5. The Kier molecular flexibility index (Phi) is 5.87. The van der Waals surface area contributed by atoms with Crippen LogP contribution in [0.25, 0.3) is 0 Å². The van der Waals surface area contributed by atoms with E-state index in [9.17, 15) is 4.79 Å². The summed E-state index contributed by atoms with van der Waals surface area (Å²) in [5, 5.41) is 11.9. The number of nitrogens with zero attached hydrogens (tertiary/aromatic N) is 3. The van der Waals surface area contributed by atoms with Crippen molar-refractivity contribution in [3.63, 3.8) is 0 Å². The summed E-state index contributed by atoms with van der Waals surface area (Å²) in [6, 6.07) is 5.98. The van der Waals surface area contributed by atoms with E-state index in [1.54, 1.807) is 4.90 Å². The van der Waals surface area contributed by atoms with Gasteiger partial charge in [-0.25, -0.2) is 9.79 Å². The van der Waals surface area contributed by atoms with Gasteiger partial charge < -0.3 is 9.64 Å². The average molecular weight is 375 g/mol. The van der Waals surface area contributed by atoms with Gasteiger partial charge in [-0.05, 0) is 50.3 Å². The minimum Gasteiger partial charge on any atom is -0.444 e. The molecule has 1 aromatic rings. The van der Waals surface area contributed by atoms with E-state index in [0.717, 1.165) is 11.3 Å². The highest BCUT2D eigenvalue weighted by Gasteiger charge is 2.35. The summed E-state index contributed by atoms with van der Waals surface area (Å²) in [5.74, 6) is 0. The molecule has 0 unspecified atom stereocenters. The number of thioether (sulfide) groups is 1. The largest absolute Gasteiger partial charge is 0.444 e. The fraction of sp³-hybridized carbons (Fsp3) is 0.526. The third-order valence-corrected chi connectivity index (χ3v) is 4.58. The van der Waals surface area contributed by atoms with Crippen LogP contribution in [0.3, 0.4) is 0 Å². The molecule has 7 heteroatoms. The van der Waals surface area contributed by atoms with E-state index in [-0.39, 0.29) is 11.5 Å². The van der Waals surface area contributed by atoms with Crippen molar-refractivity contribution in [2.75, 3.05) is 12.8 Å². The van der Waals surface area contributed by atoms with Gasteiger partial charge in [0.15, 0.2) is 11.4 Å². The summed E-state index contributed by atoms with van der Waals surface area (Å²) >= 11 is 1.37. The Hall–Kier alpha value is -2.20. The molecule has 6 nitrogen and oxygen atoms in total. The molecule has 0 atom stereocenters. The second-order valence-corrected chi connectivity index (χ2v) is 8.71. The summed E-state index contributed by atoms with van der Waals surface area (Å²) in [7, 11) is 0. The predicted molar refractivity (Wildman–Crippen MR) is 105 cm³/mol. The second kappa shape index (κ2) is 7.58. The minimum absolute atomic E-state index is 0.181. The Balaban J connectivity index is 2.33. The SMILES string of the molecule is CSC(=Nc1ccc2c(c1)CN(C(=O)OC(C)(C)C)CC2(C)C)NC#N. The van der Waals surface area contributed by atoms with Gasteiger partial charge in [0.25, 0.3) is 0 Å². The van der Waals surface area contributed by atoms with Gasteiger partial charge in [-0.2, -0.15) is 5.26 Å². The monoisotopic (exact) mass is 374 g/mol. The quantitative estimate of drug-likeness (QED) is 0.346. The third-order valence-electron chi connectivity index (χ3n) is 4.00. The number of rotatable bonds is 1. The molecular formula is C19H26N4O2S. The molecule has 1 heterocycles. The zero-order chi connectivity index (χ0) is 19.5. The molecule has 0 fully saturated rings. The maximum Gasteiger partial charge on any atom is 0.410 e. The van der Waals surface area contributed by atoms with E-state index < -0.39 is 5.60 Å². The average Bonchev–Trinajstić information content (AvgIpc) is 2.51. The maximum atomic E-state index is 12.5. The first-order valence-corrected chi connectivity index (χ1v) is 9.67. The van der Waals surface area contributed by atoms with Gasteiger partial charge in [0.1, 0.15) is 5.60 Å². The van der Waals surface area contributed by atoms with Crippen molar-refractivity contribution in [3.8, 4) is 6.19 Å². The number of fused-ring (bicyclic) bond motifs is 1. The lowest BCUT2D eigenvalue weighted by Crippen LogP contribution is -2.46. The lowest BCUT2D eigenvalue weighted by atomic mass is 9.78. The van der Waals surface area contributed by atoms with Crippen molar-refractivity contribution in [3.05, 3.63) is 29.3 Å². The molecule has 1 amide bonds. The Morgan fingerprint density at radius 2 is 2.12 bits per heavy atom. The molecule has 0 saturated carbocycles. The van der Waals surface area contributed by atoms with Crippen LogP contribution in [-0.2, 0) is 16.7 Å². The number of benzene rings is 1. The number of hydrogen-bond acceptors (Lipinski definition) is 5. The summed E-state index contributed by atoms with van der Waals surface area (Å²) in [6.45, 7) is 10.9. The smallest absolute Gasteiger partial charge is 0.410 e. The Bertz CT molecular complexity index is 760. The standard InChI is InChI=1S/C19H26N4O2S/c1-18(2,3)25-17(24)23-10-13-9-14(22-16(26-6)21-12-20)7-8-15(13)19(4,5)11-23/h7-9H,10-11H2,1-6H3,(H,21,22). The molecule has 140 valence electrons. The minimum atomic E-state index is -0.524. The molecule has 2 rings (SSSR count). The first-order valence-electron chi connectivity index (χ1n) is 8.45. The Morgan fingerprint density at radius 1 is 1.42 bits per heavy atom. The van der Waals surface area contributed by atoms with Gasteiger partial charge in [0.05, 0.1) is 5.69 Å². The van der Waals surface area contributed by atoms with Crippen molar-refractivity contribution in [1.29, 1.82) is 5.26 Å². The second-order valence-electron chi connectivity index (χ2n) is 7.92. The number of ether oxygens (including phenoxy) is 1. The van der Waals surface area contributed by atoms with E-state index in [2.05, 4.69) is 30.2 Å². The zero-order valence-corrected chi connectivity index (χ0v) is 17.0. The number of nitriles is 1. The van der Waals surface area contributed by atoms with E-state index in [1.165, 1.54) is 17.3 Å². The van der Waals surface area contributed by atoms with Gasteiger partial charge in [0.2, 0.25) is 0 Å². The van der Waals surface area contributed by atoms with Crippen molar-refractivity contribution in [2.45, 2.75) is 52.2 Å². The molecule has 1 aromatic carbocycles. The van der Waals surface area contributed by atoms with Crippen LogP contribution in [0, 0.1) is 11.5 Å². The number of aliphatic imine (C=N–C) groups is 1.